The zero-order valence-electron chi connectivity index (χ0n) is 9.49. The van der Waals surface area contributed by atoms with E-state index in [1.807, 2.05) is 0 Å². The number of rotatable bonds is 2. The Morgan fingerprint density at radius 2 is 2.19 bits per heavy atom. The van der Waals surface area contributed by atoms with E-state index >= 15 is 0 Å². The first-order valence-electron chi connectivity index (χ1n) is 5.64. The van der Waals surface area contributed by atoms with Gasteiger partial charge < -0.3 is 11.1 Å². The number of anilines is 1. The van der Waals surface area contributed by atoms with Crippen LogP contribution in [0.2, 0.25) is 0 Å². The predicted octanol–water partition coefficient (Wildman–Crippen LogP) is 1.73. The maximum absolute atomic E-state index is 12.0. The second kappa shape index (κ2) is 4.12. The van der Waals surface area contributed by atoms with Crippen molar-refractivity contribution in [3.05, 3.63) is 23.9 Å². The third-order valence-electron chi connectivity index (χ3n) is 3.21. The predicted molar refractivity (Wildman–Crippen MR) is 63.0 cm³/mol. The highest BCUT2D eigenvalue weighted by Gasteiger charge is 2.30. The van der Waals surface area contributed by atoms with E-state index in [4.69, 9.17) is 5.73 Å². The molecule has 1 aromatic rings. The lowest BCUT2D eigenvalue weighted by atomic mass is 10.00. The molecule has 1 fully saturated rings. The van der Waals surface area contributed by atoms with E-state index in [0.29, 0.717) is 11.4 Å². The van der Waals surface area contributed by atoms with Crippen LogP contribution in [0.15, 0.2) is 18.3 Å². The van der Waals surface area contributed by atoms with Crippen molar-refractivity contribution in [2.45, 2.75) is 38.1 Å². The number of hydrogen-bond donors (Lipinski definition) is 2. The molecule has 0 aliphatic heterocycles. The van der Waals surface area contributed by atoms with Crippen molar-refractivity contribution in [3.63, 3.8) is 0 Å². The zero-order valence-corrected chi connectivity index (χ0v) is 9.49. The fraction of sp³-hybridized carbons (Fsp3) is 0.500. The van der Waals surface area contributed by atoms with Crippen molar-refractivity contribution in [1.82, 2.24) is 10.3 Å². The van der Waals surface area contributed by atoms with Crippen molar-refractivity contribution in [2.24, 2.45) is 0 Å². The minimum absolute atomic E-state index is 0.0701. The van der Waals surface area contributed by atoms with Gasteiger partial charge in [0, 0.05) is 11.7 Å². The summed E-state index contributed by atoms with van der Waals surface area (Å²) in [5.74, 6) is 0.177. The molecule has 1 aliphatic rings. The SMILES string of the molecule is CC1(NC(=O)c2cccnc2N)CCCC1. The molecule has 1 aromatic heterocycles. The molecule has 1 aliphatic carbocycles. The monoisotopic (exact) mass is 219 g/mol. The van der Waals surface area contributed by atoms with Gasteiger partial charge in [-0.1, -0.05) is 12.8 Å². The van der Waals surface area contributed by atoms with Gasteiger partial charge in [-0.2, -0.15) is 0 Å². The van der Waals surface area contributed by atoms with Gasteiger partial charge in [-0.25, -0.2) is 4.98 Å². The van der Waals surface area contributed by atoms with Crippen molar-refractivity contribution in [1.29, 1.82) is 0 Å². The smallest absolute Gasteiger partial charge is 0.255 e. The van der Waals surface area contributed by atoms with Gasteiger partial charge in [-0.15, -0.1) is 0 Å². The van der Waals surface area contributed by atoms with Gasteiger partial charge in [-0.05, 0) is 31.9 Å². The third-order valence-corrected chi connectivity index (χ3v) is 3.21. The Kier molecular flexibility index (Phi) is 2.81. The van der Waals surface area contributed by atoms with Gasteiger partial charge in [0.15, 0.2) is 0 Å². The Hall–Kier alpha value is -1.58. The van der Waals surface area contributed by atoms with Gasteiger partial charge in [0.05, 0.1) is 5.56 Å². The van der Waals surface area contributed by atoms with Crippen molar-refractivity contribution >= 4 is 11.7 Å². The average Bonchev–Trinajstić information content (AvgIpc) is 2.65. The second-order valence-corrected chi connectivity index (χ2v) is 4.66. The molecule has 0 atom stereocenters. The number of nitrogens with two attached hydrogens (primary N) is 1. The summed E-state index contributed by atoms with van der Waals surface area (Å²) < 4.78 is 0. The van der Waals surface area contributed by atoms with E-state index in [1.165, 1.54) is 12.8 Å². The Bertz CT molecular complexity index is 397. The summed E-state index contributed by atoms with van der Waals surface area (Å²) in [5.41, 5.74) is 6.07. The highest BCUT2D eigenvalue weighted by Crippen LogP contribution is 2.29. The zero-order chi connectivity index (χ0) is 11.6. The summed E-state index contributed by atoms with van der Waals surface area (Å²) in [6.07, 6.45) is 6.03. The molecule has 2 rings (SSSR count). The Balaban J connectivity index is 2.11. The molecule has 3 N–H and O–H groups in total. The summed E-state index contributed by atoms with van der Waals surface area (Å²) in [4.78, 5) is 15.9. The lowest BCUT2D eigenvalue weighted by Crippen LogP contribution is -2.43. The number of nitrogens with zero attached hydrogens (tertiary/aromatic N) is 1. The second-order valence-electron chi connectivity index (χ2n) is 4.66. The summed E-state index contributed by atoms with van der Waals surface area (Å²) in [7, 11) is 0. The lowest BCUT2D eigenvalue weighted by molar-refractivity contribution is 0.0909. The molecule has 1 amide bonds. The van der Waals surface area contributed by atoms with Crippen LogP contribution in [0.3, 0.4) is 0 Å². The first-order valence-corrected chi connectivity index (χ1v) is 5.64. The van der Waals surface area contributed by atoms with Crippen LogP contribution in [0.4, 0.5) is 5.82 Å². The lowest BCUT2D eigenvalue weighted by Gasteiger charge is -2.25. The van der Waals surface area contributed by atoms with E-state index in [0.717, 1.165) is 12.8 Å². The summed E-state index contributed by atoms with van der Waals surface area (Å²) in [6.45, 7) is 2.09. The number of amides is 1. The van der Waals surface area contributed by atoms with Crippen molar-refractivity contribution in [3.8, 4) is 0 Å². The molecule has 0 bridgehead atoms. The summed E-state index contributed by atoms with van der Waals surface area (Å²) in [6, 6.07) is 3.43. The van der Waals surface area contributed by atoms with Crippen LogP contribution < -0.4 is 11.1 Å². The van der Waals surface area contributed by atoms with Crippen LogP contribution in [0, 0.1) is 0 Å². The first-order chi connectivity index (χ1) is 7.61. The van der Waals surface area contributed by atoms with Crippen molar-refractivity contribution in [2.75, 3.05) is 5.73 Å². The van der Waals surface area contributed by atoms with Gasteiger partial charge in [-0.3, -0.25) is 4.79 Å². The Morgan fingerprint density at radius 1 is 1.50 bits per heavy atom. The van der Waals surface area contributed by atoms with Crippen LogP contribution in [0.5, 0.6) is 0 Å². The van der Waals surface area contributed by atoms with Crippen LogP contribution in [0.1, 0.15) is 43.0 Å². The van der Waals surface area contributed by atoms with Crippen LogP contribution in [-0.2, 0) is 0 Å². The highest BCUT2D eigenvalue weighted by atomic mass is 16.1. The molecule has 1 heterocycles. The van der Waals surface area contributed by atoms with Gasteiger partial charge in [0.25, 0.3) is 5.91 Å². The number of nitrogens with one attached hydrogen (secondary N) is 1. The molecular formula is C12H17N3O. The molecule has 16 heavy (non-hydrogen) atoms. The molecule has 4 nitrogen and oxygen atoms in total. The van der Waals surface area contributed by atoms with Crippen LogP contribution in [-0.4, -0.2) is 16.4 Å². The minimum atomic E-state index is -0.116. The summed E-state index contributed by atoms with van der Waals surface area (Å²) >= 11 is 0. The molecule has 86 valence electrons. The Morgan fingerprint density at radius 3 is 2.81 bits per heavy atom. The van der Waals surface area contributed by atoms with E-state index in [2.05, 4.69) is 17.2 Å². The quantitative estimate of drug-likeness (QED) is 0.796. The number of pyridine rings is 1. The fourth-order valence-corrected chi connectivity index (χ4v) is 2.23. The molecule has 1 saturated carbocycles. The van der Waals surface area contributed by atoms with Gasteiger partial charge in [0.1, 0.15) is 5.82 Å². The number of hydrogen-bond acceptors (Lipinski definition) is 3. The maximum Gasteiger partial charge on any atom is 0.255 e. The summed E-state index contributed by atoms with van der Waals surface area (Å²) in [5, 5.41) is 3.05. The molecule has 0 aromatic carbocycles. The largest absolute Gasteiger partial charge is 0.383 e. The van der Waals surface area contributed by atoms with Crippen LogP contribution in [0.25, 0.3) is 0 Å². The normalized spacial score (nSPS) is 18.3. The van der Waals surface area contributed by atoms with E-state index in [-0.39, 0.29) is 11.4 Å². The maximum atomic E-state index is 12.0. The minimum Gasteiger partial charge on any atom is -0.383 e. The first kappa shape index (κ1) is 10.9. The van der Waals surface area contributed by atoms with Crippen LogP contribution >= 0.6 is 0 Å². The third kappa shape index (κ3) is 2.15. The van der Waals surface area contributed by atoms with Gasteiger partial charge >= 0.3 is 0 Å². The topological polar surface area (TPSA) is 68.0 Å². The molecule has 4 heteroatoms. The Labute approximate surface area is 95.3 Å². The molecule has 0 unspecified atom stereocenters. The van der Waals surface area contributed by atoms with Crippen molar-refractivity contribution < 1.29 is 4.79 Å². The standard InChI is InChI=1S/C12H17N3O/c1-12(6-2-3-7-12)15-11(16)9-5-4-8-14-10(9)13/h4-5,8H,2-3,6-7H2,1H3,(H2,13,14)(H,15,16). The molecule has 0 radical (unpaired) electrons. The number of aromatic nitrogens is 1. The molecular weight excluding hydrogens is 202 g/mol. The molecule has 0 saturated heterocycles. The number of carbonyl (C=O) groups is 1. The van der Waals surface area contributed by atoms with Gasteiger partial charge in [0.2, 0.25) is 0 Å². The fourth-order valence-electron chi connectivity index (χ4n) is 2.23. The average molecular weight is 219 g/mol. The number of carbonyl (C=O) groups excluding carboxylic acids is 1. The number of nitrogen functional groups attached to an aromatic ring is 1. The highest BCUT2D eigenvalue weighted by molar-refractivity contribution is 5.98. The molecule has 0 spiro atoms. The van der Waals surface area contributed by atoms with E-state index in [9.17, 15) is 4.79 Å². The van der Waals surface area contributed by atoms with E-state index in [1.54, 1.807) is 18.3 Å². The van der Waals surface area contributed by atoms with E-state index < -0.39 is 0 Å².